The zero-order chi connectivity index (χ0) is 11.5. The summed E-state index contributed by atoms with van der Waals surface area (Å²) in [5, 5.41) is 6.32. The zero-order valence-corrected chi connectivity index (χ0v) is 9.84. The minimum atomic E-state index is 0.138. The maximum absolute atomic E-state index is 11.2. The third-order valence-electron chi connectivity index (χ3n) is 3.18. The summed E-state index contributed by atoms with van der Waals surface area (Å²) in [6.45, 7) is 5.67. The van der Waals surface area contributed by atoms with E-state index in [0.717, 1.165) is 6.54 Å². The molecule has 2 rings (SSSR count). The second-order valence-electron chi connectivity index (χ2n) is 4.40. The lowest BCUT2D eigenvalue weighted by Crippen LogP contribution is -2.28. The number of carbonyl (C=O) groups is 1. The van der Waals surface area contributed by atoms with Crippen LogP contribution < -0.4 is 10.6 Å². The Bertz CT molecular complexity index is 401. The summed E-state index contributed by atoms with van der Waals surface area (Å²) >= 11 is 0. The molecule has 0 spiro atoms. The van der Waals surface area contributed by atoms with Crippen molar-refractivity contribution in [3.8, 4) is 0 Å². The molecule has 2 N–H and O–H groups in total. The van der Waals surface area contributed by atoms with Crippen LogP contribution >= 0.6 is 0 Å². The fourth-order valence-corrected chi connectivity index (χ4v) is 1.95. The smallest absolute Gasteiger partial charge is 0.221 e. The van der Waals surface area contributed by atoms with Crippen molar-refractivity contribution in [2.75, 3.05) is 13.1 Å². The van der Waals surface area contributed by atoms with Crippen LogP contribution in [0.3, 0.4) is 0 Å². The Balaban J connectivity index is 2.16. The lowest BCUT2D eigenvalue weighted by molar-refractivity contribution is -0.120. The topological polar surface area (TPSA) is 41.1 Å². The van der Waals surface area contributed by atoms with Crippen molar-refractivity contribution in [3.63, 3.8) is 0 Å². The molecular formula is C13H18N2O. The minimum Gasteiger partial charge on any atom is -0.354 e. The highest BCUT2D eigenvalue weighted by molar-refractivity contribution is 5.76. The van der Waals surface area contributed by atoms with Crippen molar-refractivity contribution < 1.29 is 4.79 Å². The second kappa shape index (κ2) is 4.66. The Kier molecular flexibility index (Phi) is 3.25. The Hall–Kier alpha value is -1.35. The average molecular weight is 218 g/mol. The lowest BCUT2D eigenvalue weighted by atomic mass is 10.0. The molecule has 0 saturated carbocycles. The summed E-state index contributed by atoms with van der Waals surface area (Å²) in [7, 11) is 0. The third-order valence-corrected chi connectivity index (χ3v) is 3.18. The lowest BCUT2D eigenvalue weighted by Gasteiger charge is -2.17. The summed E-state index contributed by atoms with van der Waals surface area (Å²) < 4.78 is 0. The molecule has 0 radical (unpaired) electrons. The summed E-state index contributed by atoms with van der Waals surface area (Å²) in [6.07, 6.45) is 0.571. The Morgan fingerprint density at radius 3 is 2.81 bits per heavy atom. The minimum absolute atomic E-state index is 0.138. The van der Waals surface area contributed by atoms with Crippen LogP contribution in [0, 0.1) is 13.8 Å². The molecule has 3 nitrogen and oxygen atoms in total. The summed E-state index contributed by atoms with van der Waals surface area (Å²) in [5.74, 6) is 0.138. The molecule has 0 aliphatic carbocycles. The van der Waals surface area contributed by atoms with Gasteiger partial charge in [-0.05, 0) is 30.5 Å². The number of carbonyl (C=O) groups excluding carboxylic acids is 1. The van der Waals surface area contributed by atoms with E-state index in [9.17, 15) is 4.79 Å². The standard InChI is InChI=1S/C13H18N2O/c1-9-3-4-11(7-10(9)2)12-8-15-13(16)5-6-14-12/h3-4,7,12,14H,5-6,8H2,1-2H3,(H,15,16). The molecular weight excluding hydrogens is 200 g/mol. The van der Waals surface area contributed by atoms with Crippen molar-refractivity contribution in [3.05, 3.63) is 34.9 Å². The maximum Gasteiger partial charge on any atom is 0.221 e. The predicted octanol–water partition coefficient (Wildman–Crippen LogP) is 1.45. The summed E-state index contributed by atoms with van der Waals surface area (Å²) in [6, 6.07) is 6.71. The van der Waals surface area contributed by atoms with Gasteiger partial charge >= 0.3 is 0 Å². The molecule has 1 unspecified atom stereocenters. The van der Waals surface area contributed by atoms with Gasteiger partial charge < -0.3 is 10.6 Å². The van der Waals surface area contributed by atoms with Crippen LogP contribution in [-0.4, -0.2) is 19.0 Å². The van der Waals surface area contributed by atoms with Crippen molar-refractivity contribution in [2.24, 2.45) is 0 Å². The van der Waals surface area contributed by atoms with Gasteiger partial charge in [0.15, 0.2) is 0 Å². The fraction of sp³-hybridized carbons (Fsp3) is 0.462. The first-order chi connectivity index (χ1) is 7.66. The quantitative estimate of drug-likeness (QED) is 0.749. The first kappa shape index (κ1) is 11.1. The van der Waals surface area contributed by atoms with Crippen molar-refractivity contribution >= 4 is 5.91 Å². The molecule has 1 heterocycles. The Morgan fingerprint density at radius 1 is 1.25 bits per heavy atom. The first-order valence-corrected chi connectivity index (χ1v) is 5.74. The van der Waals surface area contributed by atoms with Gasteiger partial charge in [-0.3, -0.25) is 4.79 Å². The number of hydrogen-bond acceptors (Lipinski definition) is 2. The van der Waals surface area contributed by atoms with Gasteiger partial charge in [-0.25, -0.2) is 0 Å². The van der Waals surface area contributed by atoms with Crippen molar-refractivity contribution in [1.29, 1.82) is 0 Å². The maximum atomic E-state index is 11.2. The van der Waals surface area contributed by atoms with E-state index in [0.29, 0.717) is 13.0 Å². The largest absolute Gasteiger partial charge is 0.354 e. The Morgan fingerprint density at radius 2 is 2.06 bits per heavy atom. The van der Waals surface area contributed by atoms with Crippen LogP contribution in [0.25, 0.3) is 0 Å². The Labute approximate surface area is 96.2 Å². The number of nitrogens with one attached hydrogen (secondary N) is 2. The monoisotopic (exact) mass is 218 g/mol. The van der Waals surface area contributed by atoms with Crippen molar-refractivity contribution in [2.45, 2.75) is 26.3 Å². The SMILES string of the molecule is Cc1ccc(C2CNC(=O)CCN2)cc1C. The van der Waals surface area contributed by atoms with E-state index in [-0.39, 0.29) is 11.9 Å². The van der Waals surface area contributed by atoms with E-state index in [4.69, 9.17) is 0 Å². The van der Waals surface area contributed by atoms with Crippen LogP contribution in [0.2, 0.25) is 0 Å². The highest BCUT2D eigenvalue weighted by Gasteiger charge is 2.16. The van der Waals surface area contributed by atoms with E-state index < -0.39 is 0 Å². The third kappa shape index (κ3) is 2.42. The van der Waals surface area contributed by atoms with Crippen LogP contribution in [0.4, 0.5) is 0 Å². The fourth-order valence-electron chi connectivity index (χ4n) is 1.95. The number of hydrogen-bond donors (Lipinski definition) is 2. The van der Waals surface area contributed by atoms with E-state index in [1.54, 1.807) is 0 Å². The molecule has 16 heavy (non-hydrogen) atoms. The van der Waals surface area contributed by atoms with Crippen LogP contribution in [0.1, 0.15) is 29.2 Å². The first-order valence-electron chi connectivity index (χ1n) is 5.74. The van der Waals surface area contributed by atoms with Crippen molar-refractivity contribution in [1.82, 2.24) is 10.6 Å². The zero-order valence-electron chi connectivity index (χ0n) is 9.84. The van der Waals surface area contributed by atoms with Gasteiger partial charge in [0, 0.05) is 25.6 Å². The molecule has 0 aromatic heterocycles. The van der Waals surface area contributed by atoms with E-state index in [1.807, 2.05) is 0 Å². The van der Waals surface area contributed by atoms with E-state index in [1.165, 1.54) is 16.7 Å². The number of rotatable bonds is 1. The molecule has 1 aromatic rings. The van der Waals surface area contributed by atoms with Gasteiger partial charge in [-0.2, -0.15) is 0 Å². The van der Waals surface area contributed by atoms with Crippen LogP contribution in [0.5, 0.6) is 0 Å². The highest BCUT2D eigenvalue weighted by atomic mass is 16.1. The van der Waals surface area contributed by atoms with Gasteiger partial charge in [0.05, 0.1) is 0 Å². The molecule has 1 saturated heterocycles. The van der Waals surface area contributed by atoms with Gasteiger partial charge in [0.1, 0.15) is 0 Å². The number of benzene rings is 1. The van der Waals surface area contributed by atoms with E-state index in [2.05, 4.69) is 42.7 Å². The van der Waals surface area contributed by atoms with E-state index >= 15 is 0 Å². The summed E-state index contributed by atoms with van der Waals surface area (Å²) in [4.78, 5) is 11.2. The van der Waals surface area contributed by atoms with Gasteiger partial charge in [-0.1, -0.05) is 18.2 Å². The van der Waals surface area contributed by atoms with Crippen LogP contribution in [-0.2, 0) is 4.79 Å². The predicted molar refractivity (Wildman–Crippen MR) is 64.3 cm³/mol. The highest BCUT2D eigenvalue weighted by Crippen LogP contribution is 2.17. The molecule has 1 atom stereocenters. The summed E-state index contributed by atoms with van der Waals surface area (Å²) in [5.41, 5.74) is 3.86. The molecule has 1 aromatic carbocycles. The molecule has 86 valence electrons. The molecule has 1 aliphatic rings. The molecule has 1 amide bonds. The van der Waals surface area contributed by atoms with Gasteiger partial charge in [0.25, 0.3) is 0 Å². The number of aryl methyl sites for hydroxylation is 2. The molecule has 3 heteroatoms. The normalized spacial score (nSPS) is 21.4. The number of amides is 1. The molecule has 0 bridgehead atoms. The van der Waals surface area contributed by atoms with Gasteiger partial charge in [0.2, 0.25) is 5.91 Å². The molecule has 1 aliphatic heterocycles. The average Bonchev–Trinajstić information content (AvgIpc) is 2.47. The molecule has 1 fully saturated rings. The second-order valence-corrected chi connectivity index (χ2v) is 4.40. The van der Waals surface area contributed by atoms with Crippen LogP contribution in [0.15, 0.2) is 18.2 Å². The van der Waals surface area contributed by atoms with Gasteiger partial charge in [-0.15, -0.1) is 0 Å².